The Bertz CT molecular complexity index is 704. The highest BCUT2D eigenvalue weighted by Gasteiger charge is 1.92. The van der Waals surface area contributed by atoms with E-state index in [9.17, 15) is 13.6 Å². The van der Waals surface area contributed by atoms with Gasteiger partial charge in [0.15, 0.2) is 0 Å². The summed E-state index contributed by atoms with van der Waals surface area (Å²) in [5.41, 5.74) is 1.48. The first-order chi connectivity index (χ1) is 11.0. The van der Waals surface area contributed by atoms with Crippen LogP contribution in [0, 0.1) is 23.0 Å². The van der Waals surface area contributed by atoms with E-state index in [4.69, 9.17) is 5.26 Å². The van der Waals surface area contributed by atoms with Crippen molar-refractivity contribution in [3.05, 3.63) is 77.4 Å². The molecule has 0 spiro atoms. The lowest BCUT2D eigenvalue weighted by molar-refractivity contribution is -0.134. The summed E-state index contributed by atoms with van der Waals surface area (Å²) in [5, 5.41) is 8.24. The summed E-state index contributed by atoms with van der Waals surface area (Å²) in [6, 6.07) is 13.8. The Morgan fingerprint density at radius 1 is 1.17 bits per heavy atom. The van der Waals surface area contributed by atoms with Crippen molar-refractivity contribution in [2.75, 3.05) is 7.11 Å². The molecule has 3 nitrogen and oxygen atoms in total. The number of benzene rings is 2. The number of rotatable bonds is 3. The Hall–Kier alpha value is -3.00. The Balaban J connectivity index is 0.000000238. The molecule has 0 amide bonds. The molecule has 0 aliphatic rings. The second kappa shape index (κ2) is 9.85. The van der Waals surface area contributed by atoms with E-state index in [1.165, 1.54) is 37.5 Å². The van der Waals surface area contributed by atoms with Gasteiger partial charge < -0.3 is 4.74 Å². The number of hydrogen-bond acceptors (Lipinski definition) is 3. The molecule has 0 saturated heterocycles. The third-order valence-electron chi connectivity index (χ3n) is 2.66. The van der Waals surface area contributed by atoms with Gasteiger partial charge >= 0.3 is 5.97 Å². The largest absolute Gasteiger partial charge is 0.466 e. The third kappa shape index (κ3) is 7.53. The molecule has 0 aliphatic heterocycles. The molecule has 2 aromatic rings. The van der Waals surface area contributed by atoms with Gasteiger partial charge in [0.25, 0.3) is 0 Å². The van der Waals surface area contributed by atoms with Gasteiger partial charge in [0.2, 0.25) is 0 Å². The maximum Gasteiger partial charge on any atom is 0.330 e. The highest BCUT2D eigenvalue weighted by molar-refractivity contribution is 5.86. The molecule has 2 aromatic carbocycles. The monoisotopic (exact) mass is 315 g/mol. The number of methoxy groups -OCH3 is 1. The van der Waals surface area contributed by atoms with Crippen LogP contribution in [0.3, 0.4) is 0 Å². The molecule has 118 valence electrons. The molecule has 0 saturated carbocycles. The number of carbonyl (C=O) groups is 1. The number of ether oxygens (including phenoxy) is 1. The quantitative estimate of drug-likeness (QED) is 0.637. The van der Waals surface area contributed by atoms with E-state index >= 15 is 0 Å². The average Bonchev–Trinajstić information content (AvgIpc) is 2.55. The second-order valence-corrected chi connectivity index (χ2v) is 4.37. The number of halogens is 2. The van der Waals surface area contributed by atoms with Crippen LogP contribution in [0.1, 0.15) is 11.1 Å². The molecule has 0 N–H and O–H groups in total. The molecule has 0 fully saturated rings. The summed E-state index contributed by atoms with van der Waals surface area (Å²) < 4.78 is 29.2. The number of esters is 1. The normalized spacial score (nSPS) is 9.65. The standard InChI is InChI=1S/C10H9FO2.C8H6FN/c1-13-10(12)7-4-8-2-5-9(11)6-3-8;9-8-3-1-2-7(6-8)4-5-10/h2-7H,1H3;1-3,6H,4H2. The predicted molar refractivity (Wildman–Crippen MR) is 83.2 cm³/mol. The Kier molecular flexibility index (Phi) is 7.73. The zero-order valence-electron chi connectivity index (χ0n) is 12.5. The third-order valence-corrected chi connectivity index (χ3v) is 2.66. The van der Waals surface area contributed by atoms with E-state index in [0.717, 1.165) is 11.1 Å². The number of hydrogen-bond donors (Lipinski definition) is 0. The molecule has 5 heteroatoms. The summed E-state index contributed by atoms with van der Waals surface area (Å²) in [6.07, 6.45) is 3.12. The number of nitriles is 1. The molecule has 0 unspecified atom stereocenters. The zero-order chi connectivity index (χ0) is 17.1. The summed E-state index contributed by atoms with van der Waals surface area (Å²) in [7, 11) is 1.30. The summed E-state index contributed by atoms with van der Waals surface area (Å²) in [5.74, 6) is -1.01. The van der Waals surface area contributed by atoms with Crippen molar-refractivity contribution in [2.45, 2.75) is 6.42 Å². The smallest absolute Gasteiger partial charge is 0.330 e. The van der Waals surface area contributed by atoms with Crippen LogP contribution in [-0.2, 0) is 16.0 Å². The van der Waals surface area contributed by atoms with Crippen LogP contribution < -0.4 is 0 Å². The molecule has 2 rings (SSSR count). The van der Waals surface area contributed by atoms with E-state index < -0.39 is 5.97 Å². The lowest BCUT2D eigenvalue weighted by atomic mass is 10.2. The molecule has 0 bridgehead atoms. The van der Waals surface area contributed by atoms with E-state index in [-0.39, 0.29) is 18.1 Å². The van der Waals surface area contributed by atoms with Crippen molar-refractivity contribution in [2.24, 2.45) is 0 Å². The van der Waals surface area contributed by atoms with Gasteiger partial charge in [0.1, 0.15) is 11.6 Å². The Labute approximate surface area is 133 Å². The summed E-state index contributed by atoms with van der Waals surface area (Å²) in [6.45, 7) is 0. The van der Waals surface area contributed by atoms with E-state index in [2.05, 4.69) is 4.74 Å². The van der Waals surface area contributed by atoms with Crippen molar-refractivity contribution in [1.29, 1.82) is 5.26 Å². The first kappa shape index (κ1) is 18.1. The number of carbonyl (C=O) groups excluding carboxylic acids is 1. The first-order valence-electron chi connectivity index (χ1n) is 6.68. The second-order valence-electron chi connectivity index (χ2n) is 4.37. The minimum Gasteiger partial charge on any atom is -0.466 e. The molecule has 0 atom stereocenters. The SMILES string of the molecule is COC(=O)C=Cc1ccc(F)cc1.N#CCc1cccc(F)c1. The lowest BCUT2D eigenvalue weighted by Gasteiger charge is -1.92. The molecule has 0 heterocycles. The maximum atomic E-state index is 12.4. The van der Waals surface area contributed by atoms with Gasteiger partial charge in [-0.15, -0.1) is 0 Å². The summed E-state index contributed by atoms with van der Waals surface area (Å²) >= 11 is 0. The van der Waals surface area contributed by atoms with Crippen LogP contribution in [0.25, 0.3) is 6.08 Å². The van der Waals surface area contributed by atoms with Gasteiger partial charge in [-0.3, -0.25) is 0 Å². The Morgan fingerprint density at radius 2 is 1.87 bits per heavy atom. The average molecular weight is 315 g/mol. The van der Waals surface area contributed by atoms with Gasteiger partial charge in [-0.05, 0) is 41.5 Å². The van der Waals surface area contributed by atoms with Crippen molar-refractivity contribution in [1.82, 2.24) is 0 Å². The van der Waals surface area contributed by atoms with Crippen LogP contribution in [0.4, 0.5) is 8.78 Å². The van der Waals surface area contributed by atoms with E-state index in [1.54, 1.807) is 30.3 Å². The van der Waals surface area contributed by atoms with Crippen molar-refractivity contribution >= 4 is 12.0 Å². The molecule has 0 aliphatic carbocycles. The molecule has 0 radical (unpaired) electrons. The lowest BCUT2D eigenvalue weighted by Crippen LogP contribution is -1.93. The molecule has 0 aromatic heterocycles. The molecular weight excluding hydrogens is 300 g/mol. The maximum absolute atomic E-state index is 12.4. The van der Waals surface area contributed by atoms with Crippen LogP contribution in [0.15, 0.2) is 54.6 Å². The molecular formula is C18H15F2NO2. The Morgan fingerprint density at radius 3 is 2.43 bits per heavy atom. The minimum absolute atomic E-state index is 0.276. The number of nitrogens with zero attached hydrogens (tertiary/aromatic N) is 1. The highest BCUT2D eigenvalue weighted by Crippen LogP contribution is 2.04. The minimum atomic E-state index is -0.427. The van der Waals surface area contributed by atoms with Crippen molar-refractivity contribution in [3.63, 3.8) is 0 Å². The van der Waals surface area contributed by atoms with E-state index in [1.807, 2.05) is 6.07 Å². The van der Waals surface area contributed by atoms with Crippen LogP contribution in [-0.4, -0.2) is 13.1 Å². The van der Waals surface area contributed by atoms with Crippen LogP contribution in [0.5, 0.6) is 0 Å². The first-order valence-corrected chi connectivity index (χ1v) is 6.68. The van der Waals surface area contributed by atoms with Crippen molar-refractivity contribution in [3.8, 4) is 6.07 Å². The van der Waals surface area contributed by atoms with Crippen LogP contribution in [0.2, 0.25) is 0 Å². The highest BCUT2D eigenvalue weighted by atomic mass is 19.1. The fraction of sp³-hybridized carbons (Fsp3) is 0.111. The fourth-order valence-corrected chi connectivity index (χ4v) is 1.54. The van der Waals surface area contributed by atoms with E-state index in [0.29, 0.717) is 0 Å². The predicted octanol–water partition coefficient (Wildman–Crippen LogP) is 3.90. The fourth-order valence-electron chi connectivity index (χ4n) is 1.54. The zero-order valence-corrected chi connectivity index (χ0v) is 12.5. The van der Waals surface area contributed by atoms with Gasteiger partial charge in [-0.2, -0.15) is 5.26 Å². The van der Waals surface area contributed by atoms with Gasteiger partial charge in [0, 0.05) is 6.08 Å². The van der Waals surface area contributed by atoms with Gasteiger partial charge in [0.05, 0.1) is 19.6 Å². The molecule has 23 heavy (non-hydrogen) atoms. The topological polar surface area (TPSA) is 50.1 Å². The van der Waals surface area contributed by atoms with Gasteiger partial charge in [-0.25, -0.2) is 13.6 Å². The summed E-state index contributed by atoms with van der Waals surface area (Å²) in [4.78, 5) is 10.7. The van der Waals surface area contributed by atoms with Gasteiger partial charge in [-0.1, -0.05) is 24.3 Å². The van der Waals surface area contributed by atoms with Crippen LogP contribution >= 0.6 is 0 Å². The van der Waals surface area contributed by atoms with Crippen molar-refractivity contribution < 1.29 is 18.3 Å².